The number of halogens is 4. The minimum Gasteiger partial charge on any atom is -0.471 e. The lowest BCUT2D eigenvalue weighted by Crippen LogP contribution is -2.42. The monoisotopic (exact) mass is 589 g/mol. The second kappa shape index (κ2) is 12.4. The zero-order chi connectivity index (χ0) is 26.8. The van der Waals surface area contributed by atoms with Gasteiger partial charge in [-0.3, -0.25) is 0 Å². The molecular formula is C25H31ClF3N5O4S. The van der Waals surface area contributed by atoms with Gasteiger partial charge in [0.05, 0.1) is 18.1 Å². The van der Waals surface area contributed by atoms with Crippen molar-refractivity contribution in [3.05, 3.63) is 47.7 Å². The molecule has 0 radical (unpaired) electrons. The summed E-state index contributed by atoms with van der Waals surface area (Å²) in [6.07, 6.45) is -0.0455. The normalized spacial score (nSPS) is 21.2. The highest BCUT2D eigenvalue weighted by Gasteiger charge is 2.38. The zero-order valence-electron chi connectivity index (χ0n) is 21.1. The molecule has 0 amide bonds. The van der Waals surface area contributed by atoms with E-state index in [1.165, 1.54) is 9.88 Å². The Hall–Kier alpha value is -2.45. The first-order valence-corrected chi connectivity index (χ1v) is 14.1. The molecule has 9 nitrogen and oxygen atoms in total. The Morgan fingerprint density at radius 2 is 1.87 bits per heavy atom. The molecule has 14 heteroatoms. The maximum atomic E-state index is 13.4. The van der Waals surface area contributed by atoms with Gasteiger partial charge < -0.3 is 20.1 Å². The van der Waals surface area contributed by atoms with Crippen molar-refractivity contribution < 1.29 is 31.1 Å². The molecule has 2 fully saturated rings. The van der Waals surface area contributed by atoms with Crippen molar-refractivity contribution in [3.63, 3.8) is 0 Å². The molecule has 0 aliphatic carbocycles. The van der Waals surface area contributed by atoms with E-state index in [0.717, 1.165) is 25.1 Å². The maximum absolute atomic E-state index is 13.4. The lowest BCUT2D eigenvalue weighted by molar-refractivity contribution is -0.139. The van der Waals surface area contributed by atoms with Gasteiger partial charge in [-0.05, 0) is 49.1 Å². The highest BCUT2D eigenvalue weighted by atomic mass is 35.5. The van der Waals surface area contributed by atoms with E-state index >= 15 is 0 Å². The van der Waals surface area contributed by atoms with Gasteiger partial charge in [0.25, 0.3) is 0 Å². The molecule has 0 saturated carbocycles. The fraction of sp³-hybridized carbons (Fsp3) is 0.520. The van der Waals surface area contributed by atoms with Crippen molar-refractivity contribution in [1.82, 2.24) is 19.6 Å². The number of sulfonamides is 1. The largest absolute Gasteiger partial charge is 0.471 e. The molecule has 0 bridgehead atoms. The van der Waals surface area contributed by atoms with Crippen LogP contribution in [0.3, 0.4) is 0 Å². The maximum Gasteiger partial charge on any atom is 0.423 e. The van der Waals surface area contributed by atoms with Crippen LogP contribution >= 0.6 is 12.4 Å². The summed E-state index contributed by atoms with van der Waals surface area (Å²) in [6.45, 7) is 2.86. The molecule has 2 saturated heterocycles. The summed E-state index contributed by atoms with van der Waals surface area (Å²) in [4.78, 5) is 8.08. The second-order valence-corrected chi connectivity index (χ2v) is 11.5. The minimum atomic E-state index is -4.66. The lowest BCUT2D eigenvalue weighted by atomic mass is 10.0. The van der Waals surface area contributed by atoms with E-state index in [-0.39, 0.29) is 49.0 Å². The third kappa shape index (κ3) is 7.01. The highest BCUT2D eigenvalue weighted by Crippen LogP contribution is 2.36. The van der Waals surface area contributed by atoms with Gasteiger partial charge in [-0.15, -0.1) is 12.4 Å². The van der Waals surface area contributed by atoms with Gasteiger partial charge in [0, 0.05) is 38.3 Å². The van der Waals surface area contributed by atoms with Gasteiger partial charge >= 0.3 is 6.18 Å². The fourth-order valence-corrected chi connectivity index (χ4v) is 6.25. The number of alkyl halides is 3. The van der Waals surface area contributed by atoms with Crippen LogP contribution in [0.2, 0.25) is 0 Å². The molecule has 39 heavy (non-hydrogen) atoms. The molecule has 1 aromatic carbocycles. The molecule has 0 unspecified atom stereocenters. The van der Waals surface area contributed by atoms with E-state index < -0.39 is 33.7 Å². The van der Waals surface area contributed by atoms with Gasteiger partial charge in [0.1, 0.15) is 11.7 Å². The van der Waals surface area contributed by atoms with Crippen LogP contribution in [0.25, 0.3) is 5.57 Å². The first kappa shape index (κ1) is 29.5. The third-order valence-electron chi connectivity index (χ3n) is 6.94. The van der Waals surface area contributed by atoms with Crippen molar-refractivity contribution in [3.8, 4) is 5.88 Å². The summed E-state index contributed by atoms with van der Waals surface area (Å²) in [6, 6.07) is 6.78. The van der Waals surface area contributed by atoms with Crippen molar-refractivity contribution in [2.75, 3.05) is 44.7 Å². The smallest absolute Gasteiger partial charge is 0.423 e. The molecule has 3 aliphatic heterocycles. The molecule has 1 aromatic heterocycles. The van der Waals surface area contributed by atoms with Crippen LogP contribution < -0.4 is 15.4 Å². The predicted octanol–water partition coefficient (Wildman–Crippen LogP) is 3.73. The van der Waals surface area contributed by atoms with E-state index in [9.17, 15) is 21.6 Å². The van der Waals surface area contributed by atoms with Crippen molar-refractivity contribution >= 4 is 34.0 Å². The summed E-state index contributed by atoms with van der Waals surface area (Å²) in [5, 5.41) is 6.31. The number of benzene rings is 1. The van der Waals surface area contributed by atoms with E-state index in [4.69, 9.17) is 9.47 Å². The Labute approximate surface area is 231 Å². The van der Waals surface area contributed by atoms with Crippen molar-refractivity contribution in [2.45, 2.75) is 48.9 Å². The van der Waals surface area contributed by atoms with E-state index in [0.29, 0.717) is 32.1 Å². The summed E-state index contributed by atoms with van der Waals surface area (Å²) >= 11 is 0. The summed E-state index contributed by atoms with van der Waals surface area (Å²) in [5.74, 6) is -0.523. The van der Waals surface area contributed by atoms with Gasteiger partial charge in [-0.25, -0.2) is 13.4 Å². The first-order chi connectivity index (χ1) is 18.2. The number of rotatable bonds is 7. The first-order valence-electron chi connectivity index (χ1n) is 12.7. The van der Waals surface area contributed by atoms with Gasteiger partial charge in [0.15, 0.2) is 0 Å². The molecule has 214 valence electrons. The fourth-order valence-electron chi connectivity index (χ4n) is 4.78. The van der Waals surface area contributed by atoms with Crippen LogP contribution in [0.4, 0.5) is 19.1 Å². The Morgan fingerprint density at radius 3 is 2.49 bits per heavy atom. The van der Waals surface area contributed by atoms with E-state index in [1.54, 1.807) is 12.1 Å². The van der Waals surface area contributed by atoms with Crippen molar-refractivity contribution in [1.29, 1.82) is 0 Å². The minimum absolute atomic E-state index is 0. The van der Waals surface area contributed by atoms with Crippen LogP contribution in [-0.2, 0) is 20.9 Å². The number of hydrogen-bond acceptors (Lipinski definition) is 8. The lowest BCUT2D eigenvalue weighted by Gasteiger charge is -2.31. The summed E-state index contributed by atoms with van der Waals surface area (Å²) in [7, 11) is -3.66. The molecule has 3 aliphatic rings. The Bertz CT molecular complexity index is 1260. The summed E-state index contributed by atoms with van der Waals surface area (Å²) < 4.78 is 78.9. The molecule has 4 heterocycles. The molecule has 2 aromatic rings. The zero-order valence-corrected chi connectivity index (χ0v) is 22.7. The number of piperidine rings is 1. The predicted molar refractivity (Wildman–Crippen MR) is 141 cm³/mol. The Balaban J connectivity index is 0.00000353. The number of aromatic nitrogens is 2. The third-order valence-corrected chi connectivity index (χ3v) is 8.85. The number of anilines is 1. The SMILES string of the molecule is Cl.O=S(=O)(c1ccc(C2=CCNCC2)cc1)N1CCC(Nc2ncc(C(F)(F)F)c(O[C@H]3CCOC3)n2)CC1. The van der Waals surface area contributed by atoms with E-state index in [1.807, 2.05) is 12.1 Å². The highest BCUT2D eigenvalue weighted by molar-refractivity contribution is 7.89. The summed E-state index contributed by atoms with van der Waals surface area (Å²) in [5.41, 5.74) is 1.18. The quantitative estimate of drug-likeness (QED) is 0.503. The number of nitrogens with one attached hydrogen (secondary N) is 2. The number of ether oxygens (including phenoxy) is 2. The number of nitrogens with zero attached hydrogens (tertiary/aromatic N) is 3. The van der Waals surface area contributed by atoms with Crippen LogP contribution in [0.5, 0.6) is 5.88 Å². The molecule has 2 N–H and O–H groups in total. The van der Waals surface area contributed by atoms with Crippen LogP contribution in [-0.4, -0.2) is 74.2 Å². The van der Waals surface area contributed by atoms with Crippen LogP contribution in [0.15, 0.2) is 41.4 Å². The van der Waals surface area contributed by atoms with Gasteiger partial charge in [-0.1, -0.05) is 18.2 Å². The standard InChI is InChI=1S/C25H30F3N5O4S.ClH/c26-25(27,28)22-15-30-24(32-23(22)37-20-9-14-36-16-20)31-19-7-12-33(13-8-19)38(34,35)21-3-1-17(2-4-21)18-5-10-29-11-6-18;/h1-5,15,19-20,29H,6-14,16H2,(H,30,31,32);1H/t20-;/m0./s1. The molecule has 0 spiro atoms. The van der Waals surface area contributed by atoms with E-state index in [2.05, 4.69) is 26.7 Å². The Kier molecular flexibility index (Phi) is 9.37. The second-order valence-electron chi connectivity index (χ2n) is 9.54. The van der Waals surface area contributed by atoms with Crippen molar-refractivity contribution in [2.24, 2.45) is 0 Å². The number of hydrogen-bond donors (Lipinski definition) is 2. The van der Waals surface area contributed by atoms with Crippen LogP contribution in [0.1, 0.15) is 36.8 Å². The topological polar surface area (TPSA) is 106 Å². The average molecular weight is 590 g/mol. The van der Waals surface area contributed by atoms with Gasteiger partial charge in [-0.2, -0.15) is 22.5 Å². The molecule has 5 rings (SSSR count). The molecule has 1 atom stereocenters. The molecular weight excluding hydrogens is 559 g/mol. The Morgan fingerprint density at radius 1 is 1.13 bits per heavy atom. The average Bonchev–Trinajstić information content (AvgIpc) is 3.42. The van der Waals surface area contributed by atoms with Crippen LogP contribution in [0, 0.1) is 0 Å². The van der Waals surface area contributed by atoms with Gasteiger partial charge in [0.2, 0.25) is 21.9 Å².